The van der Waals surface area contributed by atoms with Gasteiger partial charge < -0.3 is 14.8 Å². The maximum absolute atomic E-state index is 13.2. The number of hydrogen-bond acceptors (Lipinski definition) is 4. The molecule has 4 nitrogen and oxygen atoms in total. The average molecular weight is 290 g/mol. The van der Waals surface area contributed by atoms with Gasteiger partial charge in [0.2, 0.25) is 5.88 Å². The molecule has 0 aliphatic heterocycles. The third kappa shape index (κ3) is 4.72. The third-order valence-corrected chi connectivity index (χ3v) is 3.07. The lowest BCUT2D eigenvalue weighted by molar-refractivity contribution is 0.144. The van der Waals surface area contributed by atoms with Gasteiger partial charge in [0.05, 0.1) is 18.5 Å². The van der Waals surface area contributed by atoms with Gasteiger partial charge in [-0.05, 0) is 36.2 Å². The maximum Gasteiger partial charge on any atom is 0.213 e. The van der Waals surface area contributed by atoms with E-state index < -0.39 is 0 Å². The minimum atomic E-state index is -0.225. The molecule has 1 aromatic carbocycles. The van der Waals surface area contributed by atoms with Crippen molar-refractivity contribution >= 4 is 5.69 Å². The van der Waals surface area contributed by atoms with E-state index in [-0.39, 0.29) is 5.82 Å². The Morgan fingerprint density at radius 2 is 2.05 bits per heavy atom. The van der Waals surface area contributed by atoms with Crippen molar-refractivity contribution in [1.82, 2.24) is 4.98 Å². The highest BCUT2D eigenvalue weighted by Crippen LogP contribution is 2.15. The van der Waals surface area contributed by atoms with Crippen LogP contribution in [0.15, 0.2) is 36.5 Å². The first-order chi connectivity index (χ1) is 10.2. The molecular formula is C16H19FN2O2. The van der Waals surface area contributed by atoms with Crippen molar-refractivity contribution < 1.29 is 13.9 Å². The highest BCUT2D eigenvalue weighted by Gasteiger charge is 2.01. The molecule has 2 rings (SSSR count). The summed E-state index contributed by atoms with van der Waals surface area (Å²) in [5.74, 6) is 0.331. The Bertz CT molecular complexity index is 573. The van der Waals surface area contributed by atoms with Crippen molar-refractivity contribution in [3.05, 3.63) is 53.5 Å². The molecule has 0 saturated carbocycles. The molecule has 112 valence electrons. The van der Waals surface area contributed by atoms with Gasteiger partial charge in [0.1, 0.15) is 12.4 Å². The number of nitrogens with zero attached hydrogens (tertiary/aromatic N) is 1. The van der Waals surface area contributed by atoms with Crippen molar-refractivity contribution in [1.29, 1.82) is 0 Å². The van der Waals surface area contributed by atoms with Gasteiger partial charge in [-0.2, -0.15) is 0 Å². The molecule has 5 heteroatoms. The second-order valence-corrected chi connectivity index (χ2v) is 4.65. The van der Waals surface area contributed by atoms with Crippen LogP contribution in [0, 0.1) is 12.7 Å². The van der Waals surface area contributed by atoms with E-state index in [4.69, 9.17) is 9.47 Å². The Morgan fingerprint density at radius 3 is 2.76 bits per heavy atom. The van der Waals surface area contributed by atoms with E-state index in [1.54, 1.807) is 25.4 Å². The number of ether oxygens (including phenoxy) is 2. The van der Waals surface area contributed by atoms with E-state index in [1.807, 2.05) is 13.0 Å². The van der Waals surface area contributed by atoms with Crippen molar-refractivity contribution in [2.75, 3.05) is 25.6 Å². The van der Waals surface area contributed by atoms with Crippen LogP contribution >= 0.6 is 0 Å². The first-order valence-electron chi connectivity index (χ1n) is 6.76. The summed E-state index contributed by atoms with van der Waals surface area (Å²) in [6.45, 7) is 3.51. The molecule has 0 radical (unpaired) electrons. The Morgan fingerprint density at radius 1 is 1.19 bits per heavy atom. The summed E-state index contributed by atoms with van der Waals surface area (Å²) in [4.78, 5) is 4.19. The summed E-state index contributed by atoms with van der Waals surface area (Å²) in [7, 11) is 1.62. The van der Waals surface area contributed by atoms with Crippen LogP contribution in [0.3, 0.4) is 0 Å². The van der Waals surface area contributed by atoms with E-state index in [9.17, 15) is 4.39 Å². The fourth-order valence-electron chi connectivity index (χ4n) is 1.83. The fraction of sp³-hybridized carbons (Fsp3) is 0.312. The van der Waals surface area contributed by atoms with Crippen molar-refractivity contribution in [3.63, 3.8) is 0 Å². The largest absolute Gasteiger partial charge is 0.475 e. The van der Waals surface area contributed by atoms with Crippen LogP contribution in [-0.4, -0.2) is 25.3 Å². The Balaban J connectivity index is 1.90. The summed E-state index contributed by atoms with van der Waals surface area (Å²) in [5, 5.41) is 3.21. The number of pyridine rings is 1. The Labute approximate surface area is 123 Å². The highest BCUT2D eigenvalue weighted by atomic mass is 19.1. The molecule has 0 aliphatic carbocycles. The van der Waals surface area contributed by atoms with Crippen LogP contribution < -0.4 is 10.1 Å². The molecule has 0 atom stereocenters. The molecule has 0 fully saturated rings. The summed E-state index contributed by atoms with van der Waals surface area (Å²) >= 11 is 0. The van der Waals surface area contributed by atoms with Crippen LogP contribution in [-0.2, 0) is 11.3 Å². The number of benzene rings is 1. The lowest BCUT2D eigenvalue weighted by Gasteiger charge is -2.10. The molecule has 1 heterocycles. The monoisotopic (exact) mass is 290 g/mol. The maximum atomic E-state index is 13.2. The molecule has 0 spiro atoms. The lowest BCUT2D eigenvalue weighted by atomic mass is 10.1. The normalized spacial score (nSPS) is 10.4. The van der Waals surface area contributed by atoms with Gasteiger partial charge in [-0.15, -0.1) is 0 Å². The van der Waals surface area contributed by atoms with E-state index in [2.05, 4.69) is 10.3 Å². The predicted molar refractivity (Wildman–Crippen MR) is 80.1 cm³/mol. The summed E-state index contributed by atoms with van der Waals surface area (Å²) in [5.41, 5.74) is 2.84. The second-order valence-electron chi connectivity index (χ2n) is 4.65. The first-order valence-corrected chi connectivity index (χ1v) is 6.76. The van der Waals surface area contributed by atoms with E-state index in [0.29, 0.717) is 25.6 Å². The minimum Gasteiger partial charge on any atom is -0.475 e. The zero-order valence-electron chi connectivity index (χ0n) is 12.2. The molecular weight excluding hydrogens is 271 g/mol. The van der Waals surface area contributed by atoms with Crippen LogP contribution in [0.1, 0.15) is 11.1 Å². The number of anilines is 1. The van der Waals surface area contributed by atoms with Crippen LogP contribution in [0.2, 0.25) is 0 Å². The van der Waals surface area contributed by atoms with Crippen molar-refractivity contribution in [2.24, 2.45) is 0 Å². The quantitative estimate of drug-likeness (QED) is 0.795. The first kappa shape index (κ1) is 15.3. The van der Waals surface area contributed by atoms with Crippen LogP contribution in [0.25, 0.3) is 0 Å². The predicted octanol–water partition coefficient (Wildman–Crippen LogP) is 3.17. The molecule has 0 unspecified atom stereocenters. The van der Waals surface area contributed by atoms with Gasteiger partial charge in [-0.25, -0.2) is 9.37 Å². The fourth-order valence-corrected chi connectivity index (χ4v) is 1.83. The van der Waals surface area contributed by atoms with Gasteiger partial charge in [0.15, 0.2) is 0 Å². The summed E-state index contributed by atoms with van der Waals surface area (Å²) < 4.78 is 23.5. The van der Waals surface area contributed by atoms with E-state index >= 15 is 0 Å². The molecule has 0 bridgehead atoms. The lowest BCUT2D eigenvalue weighted by Crippen LogP contribution is -2.06. The van der Waals surface area contributed by atoms with Crippen LogP contribution in [0.4, 0.5) is 10.1 Å². The SMILES string of the molecule is COCCOc1ccc(NCc2cc(F)ccc2C)cn1. The molecule has 0 amide bonds. The molecule has 0 aliphatic rings. The smallest absolute Gasteiger partial charge is 0.213 e. The number of hydrogen-bond donors (Lipinski definition) is 1. The van der Waals surface area contributed by atoms with Crippen LogP contribution in [0.5, 0.6) is 5.88 Å². The molecule has 0 saturated heterocycles. The van der Waals surface area contributed by atoms with E-state index in [0.717, 1.165) is 16.8 Å². The zero-order chi connectivity index (χ0) is 15.1. The van der Waals surface area contributed by atoms with Gasteiger partial charge in [-0.1, -0.05) is 6.07 Å². The number of methoxy groups -OCH3 is 1. The van der Waals surface area contributed by atoms with Gasteiger partial charge >= 0.3 is 0 Å². The van der Waals surface area contributed by atoms with Gasteiger partial charge in [0, 0.05) is 19.7 Å². The summed E-state index contributed by atoms with van der Waals surface area (Å²) in [6, 6.07) is 8.45. The minimum absolute atomic E-state index is 0.225. The Kier molecular flexibility index (Phi) is 5.51. The van der Waals surface area contributed by atoms with Crippen molar-refractivity contribution in [2.45, 2.75) is 13.5 Å². The van der Waals surface area contributed by atoms with Gasteiger partial charge in [0.25, 0.3) is 0 Å². The third-order valence-electron chi connectivity index (χ3n) is 3.07. The molecule has 2 aromatic rings. The molecule has 1 aromatic heterocycles. The van der Waals surface area contributed by atoms with Crippen molar-refractivity contribution in [3.8, 4) is 5.88 Å². The van der Waals surface area contributed by atoms with Gasteiger partial charge in [-0.3, -0.25) is 0 Å². The Hall–Kier alpha value is -2.14. The summed E-state index contributed by atoms with van der Waals surface area (Å²) in [6.07, 6.45) is 1.69. The second kappa shape index (κ2) is 7.59. The molecule has 21 heavy (non-hydrogen) atoms. The number of aryl methyl sites for hydroxylation is 1. The van der Waals surface area contributed by atoms with E-state index in [1.165, 1.54) is 12.1 Å². The number of nitrogens with one attached hydrogen (secondary N) is 1. The topological polar surface area (TPSA) is 43.4 Å². The standard InChI is InChI=1S/C16H19FN2O2/c1-12-3-4-14(17)9-13(12)10-18-15-5-6-16(19-11-15)21-8-7-20-2/h3-6,9,11,18H,7-8,10H2,1-2H3. The zero-order valence-corrected chi connectivity index (χ0v) is 12.2. The number of rotatable bonds is 7. The number of halogens is 1. The number of aromatic nitrogens is 1. The highest BCUT2D eigenvalue weighted by molar-refractivity contribution is 5.43. The molecule has 1 N–H and O–H groups in total. The average Bonchev–Trinajstić information content (AvgIpc) is 2.50.